The van der Waals surface area contributed by atoms with Crippen molar-refractivity contribution in [1.29, 1.82) is 5.26 Å². The summed E-state index contributed by atoms with van der Waals surface area (Å²) in [5, 5.41) is 14.4. The molecule has 0 atom stereocenters. The van der Waals surface area contributed by atoms with Gasteiger partial charge in [0.1, 0.15) is 0 Å². The number of aromatic nitrogens is 3. The average Bonchev–Trinajstić information content (AvgIpc) is 3.06. The van der Waals surface area contributed by atoms with E-state index in [2.05, 4.69) is 21.2 Å². The van der Waals surface area contributed by atoms with Crippen molar-refractivity contribution in [2.24, 2.45) is 0 Å². The molecule has 0 amide bonds. The minimum atomic E-state index is 0.417. The quantitative estimate of drug-likeness (QED) is 0.687. The molecule has 0 aromatic carbocycles. The average molecular weight is 288 g/mol. The Kier molecular flexibility index (Phi) is 3.44. The van der Waals surface area contributed by atoms with Gasteiger partial charge < -0.3 is 4.52 Å². The van der Waals surface area contributed by atoms with Gasteiger partial charge in [0.2, 0.25) is 11.7 Å². The second-order valence-electron chi connectivity index (χ2n) is 3.69. The number of thioether (sulfide) groups is 1. The molecule has 3 heterocycles. The summed E-state index contributed by atoms with van der Waals surface area (Å²) in [5.74, 6) is 2.03. The zero-order valence-electron chi connectivity index (χ0n) is 9.74. The van der Waals surface area contributed by atoms with Gasteiger partial charge in [-0.15, -0.1) is 23.1 Å². The Balaban J connectivity index is 1.83. The van der Waals surface area contributed by atoms with E-state index >= 15 is 0 Å². The first-order valence-electron chi connectivity index (χ1n) is 5.48. The van der Waals surface area contributed by atoms with Crippen molar-refractivity contribution in [3.63, 3.8) is 0 Å². The third kappa shape index (κ3) is 2.59. The normalized spacial score (nSPS) is 10.7. The van der Waals surface area contributed by atoms with Gasteiger partial charge in [-0.25, -0.2) is 0 Å². The summed E-state index contributed by atoms with van der Waals surface area (Å²) in [4.78, 5) is 8.64. The van der Waals surface area contributed by atoms with Crippen LogP contribution >= 0.6 is 23.1 Å². The lowest BCUT2D eigenvalue weighted by Crippen LogP contribution is -1.84. The number of fused-ring (bicyclic) bond motifs is 1. The molecule has 0 fully saturated rings. The standard InChI is InChI=1S/C12H8N4OS2/c13-2-4-18-7-11-15-12(16-17-11)8-5-10-9(14-6-8)1-3-19-10/h1,3,5-6H,4,7H2. The number of hydrogen-bond acceptors (Lipinski definition) is 7. The minimum Gasteiger partial charge on any atom is -0.338 e. The zero-order chi connectivity index (χ0) is 13.1. The maximum Gasteiger partial charge on any atom is 0.236 e. The van der Waals surface area contributed by atoms with E-state index in [1.807, 2.05) is 17.5 Å². The summed E-state index contributed by atoms with van der Waals surface area (Å²) >= 11 is 3.08. The number of thiophene rings is 1. The molecule has 0 aliphatic heterocycles. The van der Waals surface area contributed by atoms with Gasteiger partial charge in [-0.3, -0.25) is 4.98 Å². The monoisotopic (exact) mass is 288 g/mol. The lowest BCUT2D eigenvalue weighted by atomic mass is 10.2. The van der Waals surface area contributed by atoms with Gasteiger partial charge >= 0.3 is 0 Å². The van der Waals surface area contributed by atoms with Gasteiger partial charge in [0.15, 0.2) is 0 Å². The second kappa shape index (κ2) is 5.38. The van der Waals surface area contributed by atoms with Crippen LogP contribution in [-0.4, -0.2) is 20.9 Å². The summed E-state index contributed by atoms with van der Waals surface area (Å²) in [7, 11) is 0. The Hall–Kier alpha value is -1.91. The van der Waals surface area contributed by atoms with Gasteiger partial charge in [0, 0.05) is 11.8 Å². The largest absolute Gasteiger partial charge is 0.338 e. The van der Waals surface area contributed by atoms with Crippen molar-refractivity contribution in [2.45, 2.75) is 5.75 Å². The second-order valence-corrected chi connectivity index (χ2v) is 5.62. The third-order valence-corrected chi connectivity index (χ3v) is 4.06. The number of rotatable bonds is 4. The fraction of sp³-hybridized carbons (Fsp3) is 0.167. The van der Waals surface area contributed by atoms with Crippen molar-refractivity contribution in [3.8, 4) is 17.5 Å². The van der Waals surface area contributed by atoms with E-state index in [1.165, 1.54) is 11.8 Å². The first-order valence-corrected chi connectivity index (χ1v) is 7.51. The lowest BCUT2D eigenvalue weighted by Gasteiger charge is -1.93. The molecule has 7 heteroatoms. The Morgan fingerprint density at radius 1 is 1.47 bits per heavy atom. The maximum absolute atomic E-state index is 8.46. The summed E-state index contributed by atoms with van der Waals surface area (Å²) in [6, 6.07) is 6.04. The highest BCUT2D eigenvalue weighted by Crippen LogP contribution is 2.24. The predicted molar refractivity (Wildman–Crippen MR) is 74.7 cm³/mol. The summed E-state index contributed by atoms with van der Waals surface area (Å²) < 4.78 is 6.24. The topological polar surface area (TPSA) is 75.6 Å². The van der Waals surface area contributed by atoms with Crippen LogP contribution < -0.4 is 0 Å². The molecule has 94 valence electrons. The Morgan fingerprint density at radius 3 is 3.32 bits per heavy atom. The number of pyridine rings is 1. The molecule has 3 aromatic rings. The van der Waals surface area contributed by atoms with Gasteiger partial charge in [-0.1, -0.05) is 5.16 Å². The minimum absolute atomic E-state index is 0.417. The number of nitrogens with zero attached hydrogens (tertiary/aromatic N) is 4. The van der Waals surface area contributed by atoms with E-state index in [9.17, 15) is 0 Å². The SMILES string of the molecule is N#CCSCc1nc(-c2cnc3ccsc3c2)no1. The van der Waals surface area contributed by atoms with Crippen molar-refractivity contribution < 1.29 is 4.52 Å². The van der Waals surface area contributed by atoms with Crippen LogP contribution in [0.4, 0.5) is 0 Å². The van der Waals surface area contributed by atoms with Crippen LogP contribution in [0.25, 0.3) is 21.6 Å². The number of hydrogen-bond donors (Lipinski definition) is 0. The molecule has 0 bridgehead atoms. The fourth-order valence-electron chi connectivity index (χ4n) is 1.58. The summed E-state index contributed by atoms with van der Waals surface area (Å²) in [5.41, 5.74) is 1.82. The molecule has 0 aliphatic rings. The van der Waals surface area contributed by atoms with Crippen molar-refractivity contribution in [1.82, 2.24) is 15.1 Å². The first-order chi connectivity index (χ1) is 9.36. The van der Waals surface area contributed by atoms with Gasteiger partial charge in [-0.2, -0.15) is 10.2 Å². The Labute approximate surface area is 117 Å². The van der Waals surface area contributed by atoms with Crippen molar-refractivity contribution >= 4 is 33.3 Å². The van der Waals surface area contributed by atoms with Crippen LogP contribution in [0.5, 0.6) is 0 Å². The Bertz CT molecular complexity index is 743. The molecule has 0 radical (unpaired) electrons. The molecule has 5 nitrogen and oxygen atoms in total. The van der Waals surface area contributed by atoms with E-state index in [4.69, 9.17) is 9.78 Å². The van der Waals surface area contributed by atoms with Gasteiger partial charge in [0.05, 0.1) is 27.8 Å². The molecule has 0 N–H and O–H groups in total. The lowest BCUT2D eigenvalue weighted by molar-refractivity contribution is 0.391. The molecule has 19 heavy (non-hydrogen) atoms. The van der Waals surface area contributed by atoms with E-state index < -0.39 is 0 Å². The van der Waals surface area contributed by atoms with Crippen molar-refractivity contribution in [3.05, 3.63) is 29.6 Å². The van der Waals surface area contributed by atoms with E-state index in [0.29, 0.717) is 23.2 Å². The maximum atomic E-state index is 8.46. The molecular formula is C12H8N4OS2. The zero-order valence-corrected chi connectivity index (χ0v) is 11.4. The smallest absolute Gasteiger partial charge is 0.236 e. The van der Waals surface area contributed by atoms with Crippen LogP contribution in [0.15, 0.2) is 28.2 Å². The van der Waals surface area contributed by atoms with Crippen LogP contribution in [0.2, 0.25) is 0 Å². The van der Waals surface area contributed by atoms with Crippen LogP contribution in [0, 0.1) is 11.3 Å². The number of nitriles is 1. The van der Waals surface area contributed by atoms with Crippen LogP contribution in [0.1, 0.15) is 5.89 Å². The molecule has 0 aliphatic carbocycles. The Morgan fingerprint density at radius 2 is 2.42 bits per heavy atom. The molecule has 3 rings (SSSR count). The van der Waals surface area contributed by atoms with E-state index in [-0.39, 0.29) is 0 Å². The summed E-state index contributed by atoms with van der Waals surface area (Å²) in [6.45, 7) is 0. The molecule has 0 saturated heterocycles. The molecule has 0 unspecified atom stereocenters. The van der Waals surface area contributed by atoms with Crippen LogP contribution in [0.3, 0.4) is 0 Å². The summed E-state index contributed by atoms with van der Waals surface area (Å²) in [6.07, 6.45) is 1.74. The van der Waals surface area contributed by atoms with E-state index in [1.54, 1.807) is 17.5 Å². The van der Waals surface area contributed by atoms with Gasteiger partial charge in [-0.05, 0) is 17.5 Å². The third-order valence-electron chi connectivity index (χ3n) is 2.42. The molecule has 3 aromatic heterocycles. The van der Waals surface area contributed by atoms with E-state index in [0.717, 1.165) is 15.8 Å². The predicted octanol–water partition coefficient (Wildman–Crippen LogP) is 3.10. The van der Waals surface area contributed by atoms with Gasteiger partial charge in [0.25, 0.3) is 0 Å². The molecular weight excluding hydrogens is 280 g/mol. The fourth-order valence-corrected chi connectivity index (χ4v) is 2.85. The highest BCUT2D eigenvalue weighted by Gasteiger charge is 2.10. The highest BCUT2D eigenvalue weighted by molar-refractivity contribution is 7.98. The van der Waals surface area contributed by atoms with Crippen LogP contribution in [-0.2, 0) is 5.75 Å². The van der Waals surface area contributed by atoms with Crippen molar-refractivity contribution in [2.75, 3.05) is 5.75 Å². The molecule has 0 saturated carbocycles. The first kappa shape index (κ1) is 12.1. The molecule has 0 spiro atoms. The highest BCUT2D eigenvalue weighted by atomic mass is 32.2.